The van der Waals surface area contributed by atoms with E-state index >= 15 is 0 Å². The Balaban J connectivity index is 2.42. The van der Waals surface area contributed by atoms with E-state index in [9.17, 15) is 8.42 Å². The molecule has 0 aromatic carbocycles. The summed E-state index contributed by atoms with van der Waals surface area (Å²) < 4.78 is 25.4. The molecule has 0 bridgehead atoms. The lowest BCUT2D eigenvalue weighted by Crippen LogP contribution is -2.19. The normalized spacial score (nSPS) is 17.7. The van der Waals surface area contributed by atoms with Crippen molar-refractivity contribution in [3.63, 3.8) is 0 Å². The summed E-state index contributed by atoms with van der Waals surface area (Å²) in [4.78, 5) is 0.119. The summed E-state index contributed by atoms with van der Waals surface area (Å²) >= 11 is 0. The predicted molar refractivity (Wildman–Crippen MR) is 75.9 cm³/mol. The van der Waals surface area contributed by atoms with E-state index in [-0.39, 0.29) is 22.8 Å². The topological polar surface area (TPSA) is 90.0 Å². The van der Waals surface area contributed by atoms with Crippen LogP contribution in [0.1, 0.15) is 39.7 Å². The fourth-order valence-corrected chi connectivity index (χ4v) is 3.14. The molecule has 108 valence electrons. The van der Waals surface area contributed by atoms with Gasteiger partial charge in [0.05, 0.1) is 0 Å². The minimum Gasteiger partial charge on any atom is -0.383 e. The van der Waals surface area contributed by atoms with Gasteiger partial charge in [-0.3, -0.25) is 0 Å². The van der Waals surface area contributed by atoms with Crippen LogP contribution in [0.3, 0.4) is 0 Å². The van der Waals surface area contributed by atoms with Gasteiger partial charge in [0, 0.05) is 18.3 Å². The van der Waals surface area contributed by atoms with E-state index < -0.39 is 9.84 Å². The lowest BCUT2D eigenvalue weighted by molar-refractivity contribution is 0.539. The van der Waals surface area contributed by atoms with Gasteiger partial charge < -0.3 is 11.1 Å². The van der Waals surface area contributed by atoms with Crippen molar-refractivity contribution in [1.29, 1.82) is 0 Å². The summed E-state index contributed by atoms with van der Waals surface area (Å²) in [5.41, 5.74) is 5.94. The number of hydrogen-bond acceptors (Lipinski definition) is 5. The Labute approximate surface area is 114 Å². The summed E-state index contributed by atoms with van der Waals surface area (Å²) in [5.74, 6) is 1.20. The van der Waals surface area contributed by atoms with Crippen LogP contribution in [-0.2, 0) is 9.84 Å². The average Bonchev–Trinajstić information content (AvgIpc) is 3.02. The van der Waals surface area contributed by atoms with Gasteiger partial charge >= 0.3 is 0 Å². The lowest BCUT2D eigenvalue weighted by atomic mass is 10.2. The van der Waals surface area contributed by atoms with Gasteiger partial charge in [-0.15, -0.1) is 0 Å². The highest BCUT2D eigenvalue weighted by Gasteiger charge is 2.31. The van der Waals surface area contributed by atoms with Crippen molar-refractivity contribution < 1.29 is 8.42 Å². The van der Waals surface area contributed by atoms with Crippen LogP contribution in [0.25, 0.3) is 0 Å². The molecule has 1 aromatic rings. The van der Waals surface area contributed by atoms with Gasteiger partial charge in [0.1, 0.15) is 5.82 Å². The number of aromatic nitrogens is 2. The van der Waals surface area contributed by atoms with Crippen molar-refractivity contribution >= 4 is 21.5 Å². The van der Waals surface area contributed by atoms with Crippen LogP contribution in [0, 0.1) is 5.92 Å². The number of nitrogens with two attached hydrogens (primary N) is 1. The molecule has 1 atom stereocenters. The summed E-state index contributed by atoms with van der Waals surface area (Å²) in [5, 5.41) is 7.53. The molecule has 1 aromatic heterocycles. The minimum atomic E-state index is -3.40. The zero-order valence-corrected chi connectivity index (χ0v) is 12.7. The molecule has 6 nitrogen and oxygen atoms in total. The first-order valence-corrected chi connectivity index (χ1v) is 8.45. The van der Waals surface area contributed by atoms with Crippen LogP contribution in [0.2, 0.25) is 0 Å². The highest BCUT2D eigenvalue weighted by atomic mass is 32.2. The van der Waals surface area contributed by atoms with Crippen LogP contribution < -0.4 is 11.1 Å². The van der Waals surface area contributed by atoms with E-state index in [1.807, 2.05) is 20.8 Å². The van der Waals surface area contributed by atoms with Gasteiger partial charge in [-0.25, -0.2) is 13.1 Å². The zero-order chi connectivity index (χ0) is 14.4. The monoisotopic (exact) mass is 286 g/mol. The van der Waals surface area contributed by atoms with Crippen LogP contribution in [0.15, 0.2) is 4.90 Å². The van der Waals surface area contributed by atoms with Crippen LogP contribution in [0.5, 0.6) is 0 Å². The van der Waals surface area contributed by atoms with Gasteiger partial charge in [-0.2, -0.15) is 5.10 Å². The first-order valence-electron chi connectivity index (χ1n) is 6.56. The second-order valence-electron chi connectivity index (χ2n) is 5.64. The molecule has 0 spiro atoms. The number of nitrogen functional groups attached to an aromatic ring is 1. The maximum atomic E-state index is 11.9. The Morgan fingerprint density at radius 2 is 1.95 bits per heavy atom. The van der Waals surface area contributed by atoms with Crippen molar-refractivity contribution in [2.45, 2.75) is 50.6 Å². The molecule has 1 fully saturated rings. The first-order chi connectivity index (χ1) is 8.71. The molecular formula is C12H22N4O2S. The summed E-state index contributed by atoms with van der Waals surface area (Å²) in [6.07, 6.45) is 3.53. The molecule has 7 heteroatoms. The third-order valence-corrected chi connectivity index (χ3v) is 4.60. The molecule has 0 saturated heterocycles. The lowest BCUT2D eigenvalue weighted by Gasteiger charge is -2.12. The van der Waals surface area contributed by atoms with Gasteiger partial charge in [-0.1, -0.05) is 0 Å². The largest absolute Gasteiger partial charge is 0.383 e. The SMILES string of the molecule is CC(Nc1nn(C(C)C)c(N)c1S(C)(=O)=O)C1CC1. The second-order valence-corrected chi connectivity index (χ2v) is 7.60. The van der Waals surface area contributed by atoms with Crippen molar-refractivity contribution in [1.82, 2.24) is 9.78 Å². The minimum absolute atomic E-state index is 0.0206. The molecule has 1 aliphatic carbocycles. The number of sulfone groups is 1. The Bertz CT molecular complexity index is 573. The van der Waals surface area contributed by atoms with Crippen molar-refractivity contribution in [2.75, 3.05) is 17.3 Å². The maximum absolute atomic E-state index is 11.9. The standard InChI is InChI=1S/C12H22N4O2S/c1-7(2)16-11(13)10(19(4,17)18)12(15-16)14-8(3)9-5-6-9/h7-9H,5-6,13H2,1-4H3,(H,14,15). The fourth-order valence-electron chi connectivity index (χ4n) is 2.22. The van der Waals surface area contributed by atoms with Crippen LogP contribution in [0.4, 0.5) is 11.6 Å². The summed E-state index contributed by atoms with van der Waals surface area (Å²) in [6.45, 7) is 5.89. The Kier molecular flexibility index (Phi) is 3.51. The highest BCUT2D eigenvalue weighted by Crippen LogP contribution is 2.36. The zero-order valence-electron chi connectivity index (χ0n) is 11.8. The number of nitrogens with zero attached hydrogens (tertiary/aromatic N) is 2. The number of anilines is 2. The average molecular weight is 286 g/mol. The number of rotatable bonds is 5. The van der Waals surface area contributed by atoms with Gasteiger partial charge in [0.15, 0.2) is 20.6 Å². The molecule has 0 aliphatic heterocycles. The van der Waals surface area contributed by atoms with Crippen molar-refractivity contribution in [3.8, 4) is 0 Å². The molecule has 0 radical (unpaired) electrons. The van der Waals surface area contributed by atoms with E-state index in [0.717, 1.165) is 6.26 Å². The Hall–Kier alpha value is -1.24. The number of hydrogen-bond donors (Lipinski definition) is 2. The van der Waals surface area contributed by atoms with E-state index in [2.05, 4.69) is 10.4 Å². The van der Waals surface area contributed by atoms with Gasteiger partial charge in [-0.05, 0) is 39.5 Å². The second kappa shape index (κ2) is 4.70. The third-order valence-electron chi connectivity index (χ3n) is 3.46. The highest BCUT2D eigenvalue weighted by molar-refractivity contribution is 7.91. The van der Waals surface area contributed by atoms with Crippen LogP contribution >= 0.6 is 0 Å². The van der Waals surface area contributed by atoms with Gasteiger partial charge in [0.2, 0.25) is 0 Å². The molecule has 3 N–H and O–H groups in total. The number of nitrogens with one attached hydrogen (secondary N) is 1. The Morgan fingerprint density at radius 1 is 1.37 bits per heavy atom. The summed E-state index contributed by atoms with van der Waals surface area (Å²) in [7, 11) is -3.40. The predicted octanol–water partition coefficient (Wildman–Crippen LogP) is 1.66. The fraction of sp³-hybridized carbons (Fsp3) is 0.750. The Morgan fingerprint density at radius 3 is 2.37 bits per heavy atom. The molecule has 1 aliphatic rings. The van der Waals surface area contributed by atoms with Gasteiger partial charge in [0.25, 0.3) is 0 Å². The van der Waals surface area contributed by atoms with Crippen LogP contribution in [-0.4, -0.2) is 30.5 Å². The summed E-state index contributed by atoms with van der Waals surface area (Å²) in [6, 6.07) is 0.239. The molecular weight excluding hydrogens is 264 g/mol. The smallest absolute Gasteiger partial charge is 0.182 e. The van der Waals surface area contributed by atoms with E-state index in [4.69, 9.17) is 5.73 Å². The van der Waals surface area contributed by atoms with E-state index in [0.29, 0.717) is 11.7 Å². The molecule has 1 unspecified atom stereocenters. The first kappa shape index (κ1) is 14.2. The molecule has 19 heavy (non-hydrogen) atoms. The van der Waals surface area contributed by atoms with E-state index in [1.54, 1.807) is 4.68 Å². The molecule has 1 heterocycles. The maximum Gasteiger partial charge on any atom is 0.182 e. The quantitative estimate of drug-likeness (QED) is 0.859. The molecule has 2 rings (SSSR count). The molecule has 1 saturated carbocycles. The van der Waals surface area contributed by atoms with Crippen molar-refractivity contribution in [2.24, 2.45) is 5.92 Å². The third kappa shape index (κ3) is 2.86. The van der Waals surface area contributed by atoms with E-state index in [1.165, 1.54) is 12.8 Å². The van der Waals surface area contributed by atoms with Crippen molar-refractivity contribution in [3.05, 3.63) is 0 Å². The molecule has 0 amide bonds.